The van der Waals surface area contributed by atoms with Gasteiger partial charge in [0.1, 0.15) is 17.0 Å². The first-order valence-corrected chi connectivity index (χ1v) is 14.3. The van der Waals surface area contributed by atoms with Crippen molar-refractivity contribution in [2.24, 2.45) is 0 Å². The first-order valence-electron chi connectivity index (χ1n) is 14.3. The Balaban J connectivity index is 1.46. The highest BCUT2D eigenvalue weighted by atomic mass is 19.4. The molecule has 2 aromatic carbocycles. The molecule has 0 spiro atoms. The van der Waals surface area contributed by atoms with Crippen LogP contribution in [0.5, 0.6) is 0 Å². The number of fused-ring (bicyclic) bond motifs is 3. The number of piperazine rings is 1. The number of anilines is 2. The summed E-state index contributed by atoms with van der Waals surface area (Å²) in [5, 5.41) is 1.18. The summed E-state index contributed by atoms with van der Waals surface area (Å²) in [7, 11) is 4.05. The van der Waals surface area contributed by atoms with Crippen LogP contribution in [0.25, 0.3) is 33.0 Å². The third-order valence-electron chi connectivity index (χ3n) is 8.00. The predicted molar refractivity (Wildman–Crippen MR) is 159 cm³/mol. The summed E-state index contributed by atoms with van der Waals surface area (Å²) in [6.07, 6.45) is -3.41. The van der Waals surface area contributed by atoms with E-state index in [-0.39, 0.29) is 11.7 Å². The molecule has 1 amide bonds. The van der Waals surface area contributed by atoms with Crippen LogP contribution in [0.2, 0.25) is 0 Å². The molecule has 12 heteroatoms. The van der Waals surface area contributed by atoms with E-state index in [2.05, 4.69) is 14.7 Å². The second kappa shape index (κ2) is 10.6. The zero-order chi connectivity index (χ0) is 30.7. The largest absolute Gasteiger partial charge is 0.463 e. The summed E-state index contributed by atoms with van der Waals surface area (Å²) in [5.41, 5.74) is 0.0618. The van der Waals surface area contributed by atoms with Crippen molar-refractivity contribution in [3.63, 3.8) is 0 Å². The number of hydrogen-bond acceptors (Lipinski definition) is 8. The Morgan fingerprint density at radius 2 is 1.67 bits per heavy atom. The van der Waals surface area contributed by atoms with E-state index in [9.17, 15) is 18.0 Å². The van der Waals surface area contributed by atoms with Crippen LogP contribution < -0.4 is 9.80 Å². The van der Waals surface area contributed by atoms with Crippen molar-refractivity contribution in [3.05, 3.63) is 48.2 Å². The Morgan fingerprint density at radius 1 is 0.977 bits per heavy atom. The van der Waals surface area contributed by atoms with E-state index in [1.807, 2.05) is 34.9 Å². The lowest BCUT2D eigenvalue weighted by atomic mass is 9.95. The van der Waals surface area contributed by atoms with E-state index in [1.165, 1.54) is 18.4 Å². The number of hydrogen-bond donors (Lipinski definition) is 0. The highest BCUT2D eigenvalue weighted by molar-refractivity contribution is 6.14. The predicted octanol–water partition coefficient (Wildman–Crippen LogP) is 5.87. The normalized spacial score (nSPS) is 16.8. The molecule has 2 aliphatic rings. The summed E-state index contributed by atoms with van der Waals surface area (Å²) in [4.78, 5) is 30.6. The molecular weight excluding hydrogens is 561 g/mol. The van der Waals surface area contributed by atoms with Crippen LogP contribution in [0.3, 0.4) is 0 Å². The number of rotatable bonds is 4. The van der Waals surface area contributed by atoms with Gasteiger partial charge in [-0.1, -0.05) is 18.2 Å². The van der Waals surface area contributed by atoms with Crippen molar-refractivity contribution in [1.29, 1.82) is 0 Å². The van der Waals surface area contributed by atoms with Gasteiger partial charge in [-0.3, -0.25) is 0 Å². The monoisotopic (exact) mass is 596 g/mol. The zero-order valence-electron chi connectivity index (χ0n) is 24.9. The minimum atomic E-state index is -4.53. The van der Waals surface area contributed by atoms with Gasteiger partial charge in [-0.15, -0.1) is 0 Å². The van der Waals surface area contributed by atoms with Gasteiger partial charge in [0.2, 0.25) is 5.95 Å². The number of nitrogens with zero attached hydrogens (tertiary/aromatic N) is 6. The van der Waals surface area contributed by atoms with Gasteiger partial charge in [0, 0.05) is 50.7 Å². The number of ether oxygens (including phenoxy) is 1. The van der Waals surface area contributed by atoms with E-state index in [1.54, 1.807) is 23.1 Å². The smallest absolute Gasteiger partial charge is 0.417 e. The van der Waals surface area contributed by atoms with Crippen molar-refractivity contribution >= 4 is 39.7 Å². The molecule has 0 bridgehead atoms. The molecule has 228 valence electrons. The first kappa shape index (κ1) is 29.0. The topological polar surface area (TPSA) is 78.2 Å². The lowest BCUT2D eigenvalue weighted by Crippen LogP contribution is -2.58. The Kier molecular flexibility index (Phi) is 7.15. The molecule has 43 heavy (non-hydrogen) atoms. The number of carbonyl (C=O) groups is 1. The van der Waals surface area contributed by atoms with Crippen molar-refractivity contribution in [2.75, 3.05) is 63.2 Å². The quantitative estimate of drug-likeness (QED) is 0.290. The molecule has 0 radical (unpaired) electrons. The molecule has 0 atom stereocenters. The second-order valence-corrected chi connectivity index (χ2v) is 12.3. The molecule has 0 N–H and O–H groups in total. The van der Waals surface area contributed by atoms with E-state index in [4.69, 9.17) is 19.1 Å². The number of benzene rings is 2. The lowest BCUT2D eigenvalue weighted by Gasteiger charge is -2.43. The third kappa shape index (κ3) is 5.55. The van der Waals surface area contributed by atoms with Gasteiger partial charge in [-0.05, 0) is 64.2 Å². The number of likely N-dealkylation sites (N-methyl/N-ethyl adjacent to an activating group) is 1. The average molecular weight is 597 g/mol. The van der Waals surface area contributed by atoms with Gasteiger partial charge in [-0.2, -0.15) is 18.2 Å². The van der Waals surface area contributed by atoms with Gasteiger partial charge in [0.05, 0.1) is 22.7 Å². The molecule has 0 unspecified atom stereocenters. The Labute approximate surface area is 247 Å². The molecule has 2 fully saturated rings. The number of aromatic nitrogens is 2. The first-order chi connectivity index (χ1) is 20.3. The Morgan fingerprint density at radius 3 is 2.33 bits per heavy atom. The molecular formula is C31H35F3N6O3. The molecule has 0 saturated carbocycles. The number of amides is 1. The summed E-state index contributed by atoms with van der Waals surface area (Å²) in [6, 6.07) is 9.31. The number of halogens is 3. The van der Waals surface area contributed by atoms with Crippen LogP contribution in [0, 0.1) is 0 Å². The SMILES string of the molecule is CN(C)C1CN(c2nc(N3CCN(C(=O)OC(C)(C)C)CC3)c3c(cc(-c4ccccc4C(F)(F)F)c4ccoc43)n2)C1. The van der Waals surface area contributed by atoms with Crippen LogP contribution >= 0.6 is 0 Å². The van der Waals surface area contributed by atoms with Gasteiger partial charge in [0.15, 0.2) is 0 Å². The fourth-order valence-corrected chi connectivity index (χ4v) is 5.64. The van der Waals surface area contributed by atoms with Crippen molar-refractivity contribution < 1.29 is 27.1 Å². The minimum absolute atomic E-state index is 0.0626. The van der Waals surface area contributed by atoms with Crippen molar-refractivity contribution in [3.8, 4) is 11.1 Å². The number of carbonyl (C=O) groups excluding carboxylic acids is 1. The highest BCUT2D eigenvalue weighted by Crippen LogP contribution is 2.44. The molecule has 2 aromatic heterocycles. The van der Waals surface area contributed by atoms with Crippen LogP contribution in [0.4, 0.5) is 29.7 Å². The molecule has 6 rings (SSSR count). The van der Waals surface area contributed by atoms with E-state index in [0.29, 0.717) is 71.4 Å². The van der Waals surface area contributed by atoms with Crippen LogP contribution in [-0.2, 0) is 10.9 Å². The summed E-state index contributed by atoms with van der Waals surface area (Å²) >= 11 is 0. The molecule has 9 nitrogen and oxygen atoms in total. The Hall–Kier alpha value is -4.06. The maximum Gasteiger partial charge on any atom is 0.417 e. The zero-order valence-corrected chi connectivity index (χ0v) is 24.9. The summed E-state index contributed by atoms with van der Waals surface area (Å²) < 4.78 is 53.8. The molecule has 2 aliphatic heterocycles. The number of furan rings is 1. The summed E-state index contributed by atoms with van der Waals surface area (Å²) in [5.74, 6) is 1.14. The second-order valence-electron chi connectivity index (χ2n) is 12.3. The molecule has 4 heterocycles. The fourth-order valence-electron chi connectivity index (χ4n) is 5.64. The maximum atomic E-state index is 14.1. The average Bonchev–Trinajstić information content (AvgIpc) is 3.40. The molecule has 0 aliphatic carbocycles. The van der Waals surface area contributed by atoms with Gasteiger partial charge >= 0.3 is 12.3 Å². The van der Waals surface area contributed by atoms with Gasteiger partial charge in [0.25, 0.3) is 0 Å². The van der Waals surface area contributed by atoms with Crippen LogP contribution in [0.15, 0.2) is 47.1 Å². The third-order valence-corrected chi connectivity index (χ3v) is 8.00. The maximum absolute atomic E-state index is 14.1. The van der Waals surface area contributed by atoms with E-state index < -0.39 is 17.3 Å². The lowest BCUT2D eigenvalue weighted by molar-refractivity contribution is -0.137. The van der Waals surface area contributed by atoms with Crippen molar-refractivity contribution in [1.82, 2.24) is 19.8 Å². The molecule has 2 saturated heterocycles. The summed E-state index contributed by atoms with van der Waals surface area (Å²) in [6.45, 7) is 8.82. The highest BCUT2D eigenvalue weighted by Gasteiger charge is 2.36. The minimum Gasteiger partial charge on any atom is -0.463 e. The molecule has 4 aromatic rings. The van der Waals surface area contributed by atoms with Crippen LogP contribution in [-0.4, -0.2) is 90.9 Å². The number of alkyl halides is 3. The fraction of sp³-hybridized carbons (Fsp3) is 0.452. The Bertz CT molecular complexity index is 1670. The van der Waals surface area contributed by atoms with Gasteiger partial charge < -0.3 is 28.8 Å². The standard InChI is InChI=1S/C31H35F3N6O3/c1-30(2,3)43-29(41)39-13-11-38(12-14-39)27-25-24(35-28(36-27)40-17-19(18-40)37(4)5)16-22(21-10-15-42-26(21)25)20-8-6-7-9-23(20)31(32,33)34/h6-10,15-16,19H,11-14,17-18H2,1-5H3. The van der Waals surface area contributed by atoms with Crippen molar-refractivity contribution in [2.45, 2.75) is 38.6 Å². The van der Waals surface area contributed by atoms with E-state index >= 15 is 0 Å². The van der Waals surface area contributed by atoms with Crippen LogP contribution in [0.1, 0.15) is 26.3 Å². The van der Waals surface area contributed by atoms with Gasteiger partial charge in [-0.25, -0.2) is 9.78 Å². The van der Waals surface area contributed by atoms with E-state index in [0.717, 1.165) is 19.2 Å².